The lowest BCUT2D eigenvalue weighted by Gasteiger charge is -2.21. The SMILES string of the molecule is CC(C)CN(C)C(=O)CC1CNc2ccccc21. The summed E-state index contributed by atoms with van der Waals surface area (Å²) in [4.78, 5) is 14.0. The highest BCUT2D eigenvalue weighted by molar-refractivity contribution is 5.78. The summed E-state index contributed by atoms with van der Waals surface area (Å²) in [6.07, 6.45) is 0.604. The average molecular weight is 246 g/mol. The first-order valence-corrected chi connectivity index (χ1v) is 6.64. The fourth-order valence-corrected chi connectivity index (χ4v) is 2.56. The van der Waals surface area contributed by atoms with Gasteiger partial charge in [-0.05, 0) is 17.5 Å². The van der Waals surface area contributed by atoms with E-state index in [0.29, 0.717) is 18.3 Å². The fourth-order valence-electron chi connectivity index (χ4n) is 2.56. The Morgan fingerprint density at radius 3 is 2.89 bits per heavy atom. The first-order valence-electron chi connectivity index (χ1n) is 6.64. The van der Waals surface area contributed by atoms with E-state index < -0.39 is 0 Å². The average Bonchev–Trinajstić information content (AvgIpc) is 2.72. The number of hydrogen-bond donors (Lipinski definition) is 1. The predicted octanol–water partition coefficient (Wildman–Crippen LogP) is 2.70. The van der Waals surface area contributed by atoms with Crippen molar-refractivity contribution in [3.63, 3.8) is 0 Å². The first kappa shape index (κ1) is 12.9. The van der Waals surface area contributed by atoms with Gasteiger partial charge in [0.05, 0.1) is 0 Å². The first-order chi connectivity index (χ1) is 8.58. The van der Waals surface area contributed by atoms with Gasteiger partial charge < -0.3 is 10.2 Å². The molecule has 1 aliphatic rings. The van der Waals surface area contributed by atoms with Gasteiger partial charge in [0.1, 0.15) is 0 Å². The number of nitrogens with zero attached hydrogens (tertiary/aromatic N) is 1. The summed E-state index contributed by atoms with van der Waals surface area (Å²) < 4.78 is 0. The van der Waals surface area contributed by atoms with Crippen LogP contribution in [0.15, 0.2) is 24.3 Å². The Bertz CT molecular complexity index is 428. The molecular formula is C15H22N2O. The molecule has 0 saturated heterocycles. The lowest BCUT2D eigenvalue weighted by Crippen LogP contribution is -2.31. The molecule has 1 heterocycles. The molecule has 1 N–H and O–H groups in total. The van der Waals surface area contributed by atoms with Crippen molar-refractivity contribution in [2.45, 2.75) is 26.2 Å². The summed E-state index contributed by atoms with van der Waals surface area (Å²) in [6.45, 7) is 5.98. The van der Waals surface area contributed by atoms with Gasteiger partial charge in [0.25, 0.3) is 0 Å². The van der Waals surface area contributed by atoms with Gasteiger partial charge in [-0.1, -0.05) is 32.0 Å². The predicted molar refractivity (Wildman–Crippen MR) is 74.8 cm³/mol. The molecule has 1 amide bonds. The maximum atomic E-state index is 12.1. The lowest BCUT2D eigenvalue weighted by molar-refractivity contribution is -0.130. The van der Waals surface area contributed by atoms with E-state index in [9.17, 15) is 4.79 Å². The van der Waals surface area contributed by atoms with E-state index in [1.165, 1.54) is 11.3 Å². The molecule has 98 valence electrons. The number of rotatable bonds is 4. The van der Waals surface area contributed by atoms with Crippen LogP contribution in [-0.2, 0) is 4.79 Å². The van der Waals surface area contributed by atoms with E-state index in [2.05, 4.69) is 31.3 Å². The van der Waals surface area contributed by atoms with Crippen molar-refractivity contribution in [3.8, 4) is 0 Å². The number of amides is 1. The molecule has 0 aromatic heterocycles. The highest BCUT2D eigenvalue weighted by Crippen LogP contribution is 2.33. The molecule has 1 unspecified atom stereocenters. The van der Waals surface area contributed by atoms with Crippen LogP contribution in [-0.4, -0.2) is 30.9 Å². The van der Waals surface area contributed by atoms with Gasteiger partial charge in [0.15, 0.2) is 0 Å². The summed E-state index contributed by atoms with van der Waals surface area (Å²) >= 11 is 0. The molecule has 18 heavy (non-hydrogen) atoms. The molecule has 1 aromatic rings. The Morgan fingerprint density at radius 2 is 2.17 bits per heavy atom. The number of nitrogens with one attached hydrogen (secondary N) is 1. The third-order valence-corrected chi connectivity index (χ3v) is 3.43. The highest BCUT2D eigenvalue weighted by atomic mass is 16.2. The fraction of sp³-hybridized carbons (Fsp3) is 0.533. The normalized spacial score (nSPS) is 17.4. The molecule has 1 atom stereocenters. The standard InChI is InChI=1S/C15H22N2O/c1-11(2)10-17(3)15(18)8-12-9-16-14-7-5-4-6-13(12)14/h4-7,11-12,16H,8-10H2,1-3H3. The van der Waals surface area contributed by atoms with Gasteiger partial charge in [-0.3, -0.25) is 4.79 Å². The van der Waals surface area contributed by atoms with Gasteiger partial charge in [-0.2, -0.15) is 0 Å². The summed E-state index contributed by atoms with van der Waals surface area (Å²) in [5.74, 6) is 1.09. The number of para-hydroxylation sites is 1. The molecule has 0 spiro atoms. The Morgan fingerprint density at radius 1 is 1.44 bits per heavy atom. The second-order valence-electron chi connectivity index (χ2n) is 5.54. The van der Waals surface area contributed by atoms with Crippen molar-refractivity contribution in [2.75, 3.05) is 25.5 Å². The monoisotopic (exact) mass is 246 g/mol. The van der Waals surface area contributed by atoms with E-state index in [1.807, 2.05) is 24.1 Å². The van der Waals surface area contributed by atoms with Crippen molar-refractivity contribution in [1.82, 2.24) is 4.90 Å². The van der Waals surface area contributed by atoms with E-state index in [4.69, 9.17) is 0 Å². The van der Waals surface area contributed by atoms with Crippen LogP contribution in [0.4, 0.5) is 5.69 Å². The Kier molecular flexibility index (Phi) is 3.90. The van der Waals surface area contributed by atoms with Crippen LogP contribution in [0, 0.1) is 5.92 Å². The zero-order valence-corrected chi connectivity index (χ0v) is 11.4. The van der Waals surface area contributed by atoms with Gasteiger partial charge in [0.2, 0.25) is 5.91 Å². The maximum Gasteiger partial charge on any atom is 0.223 e. The van der Waals surface area contributed by atoms with Crippen LogP contribution in [0.25, 0.3) is 0 Å². The second-order valence-corrected chi connectivity index (χ2v) is 5.54. The third-order valence-electron chi connectivity index (χ3n) is 3.43. The Hall–Kier alpha value is -1.51. The molecule has 1 aliphatic heterocycles. The van der Waals surface area contributed by atoms with Crippen LogP contribution in [0.3, 0.4) is 0 Å². The largest absolute Gasteiger partial charge is 0.384 e. The van der Waals surface area contributed by atoms with E-state index >= 15 is 0 Å². The number of anilines is 1. The molecular weight excluding hydrogens is 224 g/mol. The van der Waals surface area contributed by atoms with Crippen molar-refractivity contribution in [1.29, 1.82) is 0 Å². The van der Waals surface area contributed by atoms with Crippen molar-refractivity contribution < 1.29 is 4.79 Å². The third kappa shape index (κ3) is 2.84. The molecule has 0 saturated carbocycles. The van der Waals surface area contributed by atoms with Gasteiger partial charge in [-0.25, -0.2) is 0 Å². The highest BCUT2D eigenvalue weighted by Gasteiger charge is 2.25. The second kappa shape index (κ2) is 5.42. The van der Waals surface area contributed by atoms with Gasteiger partial charge in [-0.15, -0.1) is 0 Å². The van der Waals surface area contributed by atoms with Crippen LogP contribution in [0.5, 0.6) is 0 Å². The molecule has 3 nitrogen and oxygen atoms in total. The van der Waals surface area contributed by atoms with E-state index in [-0.39, 0.29) is 5.91 Å². The molecule has 2 rings (SSSR count). The van der Waals surface area contributed by atoms with Gasteiger partial charge in [0, 0.05) is 38.2 Å². The number of carbonyl (C=O) groups is 1. The van der Waals surface area contributed by atoms with E-state index in [1.54, 1.807) is 0 Å². The lowest BCUT2D eigenvalue weighted by atomic mass is 9.97. The number of benzene rings is 1. The molecule has 1 aromatic carbocycles. The number of hydrogen-bond acceptors (Lipinski definition) is 2. The summed E-state index contributed by atoms with van der Waals surface area (Å²) in [5, 5.41) is 3.36. The minimum atomic E-state index is 0.243. The van der Waals surface area contributed by atoms with Crippen molar-refractivity contribution >= 4 is 11.6 Å². The van der Waals surface area contributed by atoms with Crippen LogP contribution in [0.2, 0.25) is 0 Å². The minimum Gasteiger partial charge on any atom is -0.384 e. The van der Waals surface area contributed by atoms with E-state index in [0.717, 1.165) is 13.1 Å². The van der Waals surface area contributed by atoms with Crippen LogP contribution in [0.1, 0.15) is 31.7 Å². The van der Waals surface area contributed by atoms with Crippen LogP contribution >= 0.6 is 0 Å². The molecule has 0 fully saturated rings. The Balaban J connectivity index is 1.97. The Labute approximate surface area is 109 Å². The van der Waals surface area contributed by atoms with Crippen molar-refractivity contribution in [2.24, 2.45) is 5.92 Å². The smallest absolute Gasteiger partial charge is 0.223 e. The number of carbonyl (C=O) groups excluding carboxylic acids is 1. The number of fused-ring (bicyclic) bond motifs is 1. The molecule has 3 heteroatoms. The maximum absolute atomic E-state index is 12.1. The minimum absolute atomic E-state index is 0.243. The summed E-state index contributed by atoms with van der Waals surface area (Å²) in [7, 11) is 1.90. The molecule has 0 bridgehead atoms. The summed E-state index contributed by atoms with van der Waals surface area (Å²) in [5.41, 5.74) is 2.46. The molecule has 0 aliphatic carbocycles. The zero-order chi connectivity index (χ0) is 13.1. The zero-order valence-electron chi connectivity index (χ0n) is 11.4. The van der Waals surface area contributed by atoms with Gasteiger partial charge >= 0.3 is 0 Å². The van der Waals surface area contributed by atoms with Crippen molar-refractivity contribution in [3.05, 3.63) is 29.8 Å². The topological polar surface area (TPSA) is 32.3 Å². The summed E-state index contributed by atoms with van der Waals surface area (Å²) in [6, 6.07) is 8.27. The van der Waals surface area contributed by atoms with Crippen LogP contribution < -0.4 is 5.32 Å². The molecule has 0 radical (unpaired) electrons. The quantitative estimate of drug-likeness (QED) is 0.886.